The molecule has 0 fully saturated rings. The molecule has 0 aromatic heterocycles. The summed E-state index contributed by atoms with van der Waals surface area (Å²) in [4.78, 5) is 24.0. The highest BCUT2D eigenvalue weighted by Crippen LogP contribution is 2.31. The van der Waals surface area contributed by atoms with Gasteiger partial charge in [0.1, 0.15) is 11.5 Å². The first-order valence-electron chi connectivity index (χ1n) is 8.14. The maximum absolute atomic E-state index is 12.7. The number of amides is 1. The molecule has 150 valence electrons. The van der Waals surface area contributed by atoms with E-state index >= 15 is 0 Å². The van der Waals surface area contributed by atoms with Crippen LogP contribution in [0.3, 0.4) is 0 Å². The monoisotopic (exact) mass is 397 g/mol. The molecule has 0 aliphatic heterocycles. The number of ether oxygens (including phenoxy) is 3. The Balaban J connectivity index is 1.88. The van der Waals surface area contributed by atoms with E-state index in [9.17, 15) is 22.8 Å². The molecule has 2 rings (SSSR count). The number of halogens is 3. The molecular weight excluding hydrogens is 379 g/mol. The van der Waals surface area contributed by atoms with Crippen LogP contribution in [0.25, 0.3) is 0 Å². The third-order valence-electron chi connectivity index (χ3n) is 3.56. The number of esters is 1. The van der Waals surface area contributed by atoms with Crippen LogP contribution in [0.4, 0.5) is 18.9 Å². The number of carbonyl (C=O) groups is 2. The van der Waals surface area contributed by atoms with Gasteiger partial charge >= 0.3 is 12.1 Å². The third-order valence-corrected chi connectivity index (χ3v) is 3.56. The molecule has 0 saturated heterocycles. The van der Waals surface area contributed by atoms with Crippen LogP contribution in [0.15, 0.2) is 48.5 Å². The quantitative estimate of drug-likeness (QED) is 0.722. The van der Waals surface area contributed by atoms with E-state index in [0.29, 0.717) is 11.4 Å². The standard InChI is InChI=1S/C19H18F3NO5/c1-12(18(25)23-15-8-3-4-9-16(15)26-2)28-17(24)11-27-14-7-5-6-13(10-14)19(20,21)22/h3-10,12H,11H2,1-2H3,(H,23,25)/t12-/m1/s1. The van der Waals surface area contributed by atoms with Gasteiger partial charge in [-0.15, -0.1) is 0 Å². The zero-order chi connectivity index (χ0) is 20.7. The van der Waals surface area contributed by atoms with Gasteiger partial charge < -0.3 is 19.5 Å². The van der Waals surface area contributed by atoms with Crippen LogP contribution in [0.1, 0.15) is 12.5 Å². The Morgan fingerprint density at radius 3 is 2.50 bits per heavy atom. The van der Waals surface area contributed by atoms with E-state index in [2.05, 4.69) is 5.32 Å². The summed E-state index contributed by atoms with van der Waals surface area (Å²) in [5.74, 6) is -1.21. The Hall–Kier alpha value is -3.23. The van der Waals surface area contributed by atoms with Crippen molar-refractivity contribution in [1.82, 2.24) is 0 Å². The lowest BCUT2D eigenvalue weighted by Crippen LogP contribution is -2.31. The van der Waals surface area contributed by atoms with Gasteiger partial charge in [-0.05, 0) is 37.3 Å². The van der Waals surface area contributed by atoms with E-state index in [1.165, 1.54) is 20.1 Å². The van der Waals surface area contributed by atoms with Crippen LogP contribution >= 0.6 is 0 Å². The second kappa shape index (κ2) is 9.12. The molecule has 0 bridgehead atoms. The first-order chi connectivity index (χ1) is 13.2. The van der Waals surface area contributed by atoms with E-state index in [4.69, 9.17) is 14.2 Å². The van der Waals surface area contributed by atoms with Gasteiger partial charge in [0.05, 0.1) is 18.4 Å². The summed E-state index contributed by atoms with van der Waals surface area (Å²) in [6, 6.07) is 10.8. The van der Waals surface area contributed by atoms with E-state index in [0.717, 1.165) is 18.2 Å². The van der Waals surface area contributed by atoms with Crippen LogP contribution in [0.2, 0.25) is 0 Å². The van der Waals surface area contributed by atoms with Gasteiger partial charge in [0.15, 0.2) is 12.7 Å². The summed E-state index contributed by atoms with van der Waals surface area (Å²) in [7, 11) is 1.44. The van der Waals surface area contributed by atoms with Crippen molar-refractivity contribution >= 4 is 17.6 Å². The second-order valence-corrected chi connectivity index (χ2v) is 5.64. The first kappa shape index (κ1) is 21.1. The lowest BCUT2D eigenvalue weighted by molar-refractivity contribution is -0.155. The van der Waals surface area contributed by atoms with Gasteiger partial charge in [0, 0.05) is 0 Å². The fraction of sp³-hybridized carbons (Fsp3) is 0.263. The van der Waals surface area contributed by atoms with Gasteiger partial charge in [-0.25, -0.2) is 4.79 Å². The van der Waals surface area contributed by atoms with Crippen LogP contribution in [0.5, 0.6) is 11.5 Å². The molecular formula is C19H18F3NO5. The SMILES string of the molecule is COc1ccccc1NC(=O)[C@@H](C)OC(=O)COc1cccc(C(F)(F)F)c1. The van der Waals surface area contributed by atoms with Gasteiger partial charge in [0.25, 0.3) is 5.91 Å². The zero-order valence-electron chi connectivity index (χ0n) is 15.1. The summed E-state index contributed by atoms with van der Waals surface area (Å²) in [6.45, 7) is 0.709. The van der Waals surface area contributed by atoms with Crippen molar-refractivity contribution in [2.75, 3.05) is 19.0 Å². The molecule has 0 unspecified atom stereocenters. The second-order valence-electron chi connectivity index (χ2n) is 5.64. The van der Waals surface area contributed by atoms with Crippen molar-refractivity contribution in [1.29, 1.82) is 0 Å². The van der Waals surface area contributed by atoms with Crippen LogP contribution < -0.4 is 14.8 Å². The van der Waals surface area contributed by atoms with Gasteiger partial charge in [0.2, 0.25) is 0 Å². The number of hydrogen-bond acceptors (Lipinski definition) is 5. The van der Waals surface area contributed by atoms with E-state index in [1.54, 1.807) is 24.3 Å². The number of nitrogens with one attached hydrogen (secondary N) is 1. The predicted molar refractivity (Wildman–Crippen MR) is 94.1 cm³/mol. The molecule has 0 spiro atoms. The summed E-state index contributed by atoms with van der Waals surface area (Å²) < 4.78 is 53.0. The Labute approximate surface area is 159 Å². The zero-order valence-corrected chi connectivity index (χ0v) is 15.1. The van der Waals surface area contributed by atoms with Crippen molar-refractivity contribution in [3.05, 3.63) is 54.1 Å². The average molecular weight is 397 g/mol. The van der Waals surface area contributed by atoms with E-state index in [-0.39, 0.29) is 5.75 Å². The van der Waals surface area contributed by atoms with Gasteiger partial charge in [-0.2, -0.15) is 13.2 Å². The lowest BCUT2D eigenvalue weighted by atomic mass is 10.2. The smallest absolute Gasteiger partial charge is 0.416 e. The van der Waals surface area contributed by atoms with E-state index < -0.39 is 36.3 Å². The molecule has 1 amide bonds. The number of carbonyl (C=O) groups excluding carboxylic acids is 2. The molecule has 0 aliphatic rings. The van der Waals surface area contributed by atoms with Gasteiger partial charge in [-0.3, -0.25) is 4.79 Å². The first-order valence-corrected chi connectivity index (χ1v) is 8.14. The molecule has 0 heterocycles. The van der Waals surface area contributed by atoms with Crippen LogP contribution in [-0.4, -0.2) is 31.7 Å². The maximum Gasteiger partial charge on any atom is 0.416 e. The largest absolute Gasteiger partial charge is 0.495 e. The summed E-state index contributed by atoms with van der Waals surface area (Å²) in [5.41, 5.74) is -0.499. The van der Waals surface area contributed by atoms with Gasteiger partial charge in [-0.1, -0.05) is 18.2 Å². The fourth-order valence-electron chi connectivity index (χ4n) is 2.17. The Bertz CT molecular complexity index is 838. The number of anilines is 1. The maximum atomic E-state index is 12.7. The number of benzene rings is 2. The van der Waals surface area contributed by atoms with E-state index in [1.807, 2.05) is 0 Å². The number of rotatable bonds is 7. The predicted octanol–water partition coefficient (Wildman–Crippen LogP) is 3.66. The summed E-state index contributed by atoms with van der Waals surface area (Å²) in [5, 5.41) is 2.56. The molecule has 1 N–H and O–H groups in total. The third kappa shape index (κ3) is 5.90. The fourth-order valence-corrected chi connectivity index (χ4v) is 2.17. The van der Waals surface area contributed by atoms with Crippen molar-refractivity contribution < 1.29 is 37.0 Å². The number of alkyl halides is 3. The molecule has 0 radical (unpaired) electrons. The van der Waals surface area contributed by atoms with Crippen LogP contribution in [-0.2, 0) is 20.5 Å². The normalized spacial score (nSPS) is 12.0. The number of hydrogen-bond donors (Lipinski definition) is 1. The molecule has 2 aromatic carbocycles. The van der Waals surface area contributed by atoms with Crippen molar-refractivity contribution in [2.45, 2.75) is 19.2 Å². The highest BCUT2D eigenvalue weighted by Gasteiger charge is 2.30. The molecule has 28 heavy (non-hydrogen) atoms. The molecule has 6 nitrogen and oxygen atoms in total. The molecule has 1 atom stereocenters. The van der Waals surface area contributed by atoms with Crippen LogP contribution in [0, 0.1) is 0 Å². The average Bonchev–Trinajstić information content (AvgIpc) is 2.66. The highest BCUT2D eigenvalue weighted by atomic mass is 19.4. The molecule has 9 heteroatoms. The Morgan fingerprint density at radius 1 is 1.11 bits per heavy atom. The highest BCUT2D eigenvalue weighted by molar-refractivity contribution is 5.96. The minimum absolute atomic E-state index is 0.141. The lowest BCUT2D eigenvalue weighted by Gasteiger charge is -2.15. The van der Waals surface area contributed by atoms with Crippen molar-refractivity contribution in [3.63, 3.8) is 0 Å². The minimum atomic E-state index is -4.52. The molecule has 0 saturated carbocycles. The summed E-state index contributed by atoms with van der Waals surface area (Å²) >= 11 is 0. The van der Waals surface area contributed by atoms with Crippen molar-refractivity contribution in [3.8, 4) is 11.5 Å². The number of para-hydroxylation sites is 2. The topological polar surface area (TPSA) is 73.9 Å². The molecule has 2 aromatic rings. The Morgan fingerprint density at radius 2 is 1.82 bits per heavy atom. The van der Waals surface area contributed by atoms with Crippen molar-refractivity contribution in [2.24, 2.45) is 0 Å². The summed E-state index contributed by atoms with van der Waals surface area (Å²) in [6.07, 6.45) is -5.67. The minimum Gasteiger partial charge on any atom is -0.495 e. The Kier molecular flexibility index (Phi) is 6.86. The molecule has 0 aliphatic carbocycles. The number of methoxy groups -OCH3 is 1.